The van der Waals surface area contributed by atoms with Crippen molar-refractivity contribution in [3.63, 3.8) is 0 Å². The molecule has 0 heterocycles. The number of halogens is 2. The molecule has 1 N–H and O–H groups in total. The second kappa shape index (κ2) is 5.74. The lowest BCUT2D eigenvalue weighted by Crippen LogP contribution is -2.20. The van der Waals surface area contributed by atoms with Crippen LogP contribution in [-0.4, -0.2) is 12.1 Å². The molecule has 0 unspecified atom stereocenters. The third kappa shape index (κ3) is 2.84. The van der Waals surface area contributed by atoms with Crippen LogP contribution in [0.4, 0.5) is 0 Å². The SMILES string of the molecule is O=C(NN=C[C@@H]1C[C@H]2CC[C@H]1C2)c1ccc(Cl)cc1Cl. The summed E-state index contributed by atoms with van der Waals surface area (Å²) in [6, 6.07) is 4.80. The number of fused-ring (bicyclic) bond motifs is 2. The van der Waals surface area contributed by atoms with Gasteiger partial charge in [-0.25, -0.2) is 5.43 Å². The lowest BCUT2D eigenvalue weighted by molar-refractivity contribution is 0.0955. The van der Waals surface area contributed by atoms with Crippen molar-refractivity contribution in [2.75, 3.05) is 0 Å². The van der Waals surface area contributed by atoms with E-state index in [1.54, 1.807) is 18.2 Å². The number of carbonyl (C=O) groups is 1. The average Bonchev–Trinajstić information content (AvgIpc) is 3.00. The zero-order chi connectivity index (χ0) is 14.1. The first-order valence-electron chi connectivity index (χ1n) is 6.92. The molecule has 106 valence electrons. The highest BCUT2D eigenvalue weighted by Gasteiger charge is 2.38. The quantitative estimate of drug-likeness (QED) is 0.661. The Morgan fingerprint density at radius 3 is 2.80 bits per heavy atom. The summed E-state index contributed by atoms with van der Waals surface area (Å²) in [5.41, 5.74) is 2.94. The fourth-order valence-corrected chi connectivity index (χ4v) is 3.90. The molecule has 2 saturated carbocycles. The highest BCUT2D eigenvalue weighted by molar-refractivity contribution is 6.36. The van der Waals surface area contributed by atoms with Gasteiger partial charge in [0.2, 0.25) is 0 Å². The Hall–Kier alpha value is -1.06. The highest BCUT2D eigenvalue weighted by atomic mass is 35.5. The zero-order valence-electron chi connectivity index (χ0n) is 11.0. The zero-order valence-corrected chi connectivity index (χ0v) is 12.5. The van der Waals surface area contributed by atoms with Gasteiger partial charge < -0.3 is 0 Å². The van der Waals surface area contributed by atoms with Crippen molar-refractivity contribution in [3.8, 4) is 0 Å². The summed E-state index contributed by atoms with van der Waals surface area (Å²) in [6.45, 7) is 0. The molecule has 0 aromatic heterocycles. The molecule has 2 fully saturated rings. The van der Waals surface area contributed by atoms with E-state index in [0.29, 0.717) is 21.5 Å². The molecule has 0 saturated heterocycles. The molecule has 3 atom stereocenters. The van der Waals surface area contributed by atoms with Crippen molar-refractivity contribution in [1.29, 1.82) is 0 Å². The summed E-state index contributed by atoms with van der Waals surface area (Å²) in [6.07, 6.45) is 7.10. The van der Waals surface area contributed by atoms with Gasteiger partial charge in [-0.1, -0.05) is 29.6 Å². The average molecular weight is 311 g/mol. The Labute approximate surface area is 128 Å². The summed E-state index contributed by atoms with van der Waals surface area (Å²) in [5.74, 6) is 1.86. The number of hydrogen-bond donors (Lipinski definition) is 1. The molecule has 2 aliphatic carbocycles. The smallest absolute Gasteiger partial charge is 0.267 e. The Balaban J connectivity index is 1.59. The molecule has 20 heavy (non-hydrogen) atoms. The fraction of sp³-hybridized carbons (Fsp3) is 0.467. The summed E-state index contributed by atoms with van der Waals surface area (Å²) >= 11 is 11.8. The van der Waals surface area contributed by atoms with E-state index >= 15 is 0 Å². The van der Waals surface area contributed by atoms with Gasteiger partial charge in [0.25, 0.3) is 5.91 Å². The van der Waals surface area contributed by atoms with Crippen LogP contribution in [0.1, 0.15) is 36.0 Å². The van der Waals surface area contributed by atoms with Crippen molar-refractivity contribution in [3.05, 3.63) is 33.8 Å². The summed E-state index contributed by atoms with van der Waals surface area (Å²) in [5, 5.41) is 4.95. The van der Waals surface area contributed by atoms with Crippen molar-refractivity contribution < 1.29 is 4.79 Å². The molecule has 2 aliphatic rings. The lowest BCUT2D eigenvalue weighted by atomic mass is 9.90. The number of carbonyl (C=O) groups excluding carboxylic acids is 1. The van der Waals surface area contributed by atoms with E-state index < -0.39 is 0 Å². The van der Waals surface area contributed by atoms with Crippen molar-refractivity contribution in [1.82, 2.24) is 5.43 Å². The standard InChI is InChI=1S/C15H16Cl2N2O/c16-12-3-4-13(14(17)7-12)15(20)19-18-8-11-6-9-1-2-10(11)5-9/h3-4,7-11H,1-2,5-6H2,(H,19,20)/t9-,10-,11-/m0/s1. The van der Waals surface area contributed by atoms with E-state index in [1.807, 2.05) is 6.21 Å². The molecule has 0 radical (unpaired) electrons. The van der Waals surface area contributed by atoms with Gasteiger partial charge in [-0.2, -0.15) is 5.10 Å². The molecule has 1 aromatic carbocycles. The Bertz CT molecular complexity index is 559. The van der Waals surface area contributed by atoms with Crippen LogP contribution < -0.4 is 5.43 Å². The molecular formula is C15H16Cl2N2O. The minimum Gasteiger partial charge on any atom is -0.267 e. The number of rotatable bonds is 3. The maximum Gasteiger partial charge on any atom is 0.272 e. The minimum atomic E-state index is -0.300. The van der Waals surface area contributed by atoms with Gasteiger partial charge in [0.05, 0.1) is 10.6 Å². The number of amides is 1. The second-order valence-electron chi connectivity index (χ2n) is 5.68. The third-order valence-corrected chi connectivity index (χ3v) is 4.95. The van der Waals surface area contributed by atoms with E-state index in [1.165, 1.54) is 25.7 Å². The number of nitrogens with zero attached hydrogens (tertiary/aromatic N) is 1. The summed E-state index contributed by atoms with van der Waals surface area (Å²) < 4.78 is 0. The molecule has 3 nitrogen and oxygen atoms in total. The molecule has 0 aliphatic heterocycles. The summed E-state index contributed by atoms with van der Waals surface area (Å²) in [4.78, 5) is 12.0. The van der Waals surface area contributed by atoms with Crippen LogP contribution in [0.3, 0.4) is 0 Å². The first-order chi connectivity index (χ1) is 9.63. The van der Waals surface area contributed by atoms with Gasteiger partial charge in [0, 0.05) is 11.2 Å². The number of hydrogen-bond acceptors (Lipinski definition) is 2. The maximum absolute atomic E-state index is 12.0. The Kier molecular flexibility index (Phi) is 3.99. The molecule has 1 amide bonds. The molecule has 1 aromatic rings. The predicted octanol–water partition coefficient (Wildman–Crippen LogP) is 4.15. The largest absolute Gasteiger partial charge is 0.272 e. The molecule has 0 spiro atoms. The number of benzene rings is 1. The van der Waals surface area contributed by atoms with Crippen molar-refractivity contribution in [2.24, 2.45) is 22.9 Å². The van der Waals surface area contributed by atoms with Crippen LogP contribution in [0.2, 0.25) is 10.0 Å². The second-order valence-corrected chi connectivity index (χ2v) is 6.53. The van der Waals surface area contributed by atoms with Crippen LogP contribution in [0.25, 0.3) is 0 Å². The number of hydrazone groups is 1. The van der Waals surface area contributed by atoms with Gasteiger partial charge in [-0.05, 0) is 55.2 Å². The lowest BCUT2D eigenvalue weighted by Gasteiger charge is -2.16. The fourth-order valence-electron chi connectivity index (χ4n) is 3.40. The first kappa shape index (κ1) is 13.9. The van der Waals surface area contributed by atoms with E-state index in [-0.39, 0.29) is 5.91 Å². The van der Waals surface area contributed by atoms with Crippen LogP contribution in [0, 0.1) is 17.8 Å². The van der Waals surface area contributed by atoms with Crippen molar-refractivity contribution >= 4 is 35.3 Å². The van der Waals surface area contributed by atoms with Crippen LogP contribution in [0.15, 0.2) is 23.3 Å². The van der Waals surface area contributed by atoms with Gasteiger partial charge in [0.1, 0.15) is 0 Å². The predicted molar refractivity (Wildman–Crippen MR) is 81.4 cm³/mol. The van der Waals surface area contributed by atoms with Crippen LogP contribution in [-0.2, 0) is 0 Å². The minimum absolute atomic E-state index is 0.300. The molecule has 5 heteroatoms. The monoisotopic (exact) mass is 310 g/mol. The van der Waals surface area contributed by atoms with Gasteiger partial charge in [-0.15, -0.1) is 0 Å². The van der Waals surface area contributed by atoms with E-state index in [2.05, 4.69) is 10.5 Å². The van der Waals surface area contributed by atoms with Gasteiger partial charge in [-0.3, -0.25) is 4.79 Å². The highest BCUT2D eigenvalue weighted by Crippen LogP contribution is 2.47. The normalized spacial score (nSPS) is 28.2. The Morgan fingerprint density at radius 1 is 1.30 bits per heavy atom. The first-order valence-corrected chi connectivity index (χ1v) is 7.67. The molecule has 2 bridgehead atoms. The van der Waals surface area contributed by atoms with Crippen LogP contribution in [0.5, 0.6) is 0 Å². The number of nitrogens with one attached hydrogen (secondary N) is 1. The maximum atomic E-state index is 12.0. The third-order valence-electron chi connectivity index (χ3n) is 4.40. The summed E-state index contributed by atoms with van der Waals surface area (Å²) in [7, 11) is 0. The van der Waals surface area contributed by atoms with Gasteiger partial charge in [0.15, 0.2) is 0 Å². The topological polar surface area (TPSA) is 41.5 Å². The van der Waals surface area contributed by atoms with Crippen LogP contribution >= 0.6 is 23.2 Å². The van der Waals surface area contributed by atoms with Gasteiger partial charge >= 0.3 is 0 Å². The van der Waals surface area contributed by atoms with E-state index in [9.17, 15) is 4.79 Å². The van der Waals surface area contributed by atoms with Crippen molar-refractivity contribution in [2.45, 2.75) is 25.7 Å². The van der Waals surface area contributed by atoms with E-state index in [0.717, 1.165) is 11.8 Å². The molecular weight excluding hydrogens is 295 g/mol. The van der Waals surface area contributed by atoms with E-state index in [4.69, 9.17) is 23.2 Å². The Morgan fingerprint density at radius 2 is 2.15 bits per heavy atom. The molecule has 3 rings (SSSR count).